The van der Waals surface area contributed by atoms with E-state index in [4.69, 9.17) is 15.2 Å². The van der Waals surface area contributed by atoms with E-state index in [1.807, 2.05) is 42.5 Å². The average Bonchev–Trinajstić information content (AvgIpc) is 3.21. The largest absolute Gasteiger partial charge is 0.493 e. The number of hydrogen-bond donors (Lipinski definition) is 2. The Labute approximate surface area is 206 Å². The third-order valence-electron chi connectivity index (χ3n) is 5.80. The zero-order chi connectivity index (χ0) is 25.0. The fourth-order valence-electron chi connectivity index (χ4n) is 4.20. The van der Waals surface area contributed by atoms with Gasteiger partial charge < -0.3 is 25.1 Å². The second-order valence-corrected chi connectivity index (χ2v) is 8.03. The van der Waals surface area contributed by atoms with E-state index in [-0.39, 0.29) is 0 Å². The molecule has 0 bridgehead atoms. The van der Waals surface area contributed by atoms with Gasteiger partial charge in [-0.25, -0.2) is 0 Å². The van der Waals surface area contributed by atoms with E-state index >= 15 is 0 Å². The predicted molar refractivity (Wildman–Crippen MR) is 139 cm³/mol. The maximum Gasteiger partial charge on any atom is 0.211 e. The minimum Gasteiger partial charge on any atom is -0.493 e. The molecule has 2 heterocycles. The maximum atomic E-state index is 9.88. The van der Waals surface area contributed by atoms with Crippen molar-refractivity contribution in [3.05, 3.63) is 60.8 Å². The van der Waals surface area contributed by atoms with Crippen LogP contribution >= 0.6 is 0 Å². The molecule has 1 saturated heterocycles. The van der Waals surface area contributed by atoms with Crippen LogP contribution in [0.2, 0.25) is 0 Å². The second-order valence-electron chi connectivity index (χ2n) is 8.03. The first-order chi connectivity index (χ1) is 17.1. The molecule has 0 spiro atoms. The molecule has 0 radical (unpaired) electrons. The molecule has 1 amide bonds. The van der Waals surface area contributed by atoms with Crippen LogP contribution in [0.4, 0.5) is 5.69 Å². The highest BCUT2D eigenvalue weighted by Gasteiger charge is 2.18. The number of nitrogens with one attached hydrogen (secondary N) is 1. The monoisotopic (exact) mass is 475 g/mol. The van der Waals surface area contributed by atoms with Crippen molar-refractivity contribution >= 4 is 23.0 Å². The standard InChI is InChI=1S/C24H28N4O2.C3H5NO/c1-2-28-23-16-20(30-12-4-9-27-10-13-29-14-11-27)7-8-21(23)22(17-25)24(28)18-5-3-6-19(26)15-18;1-2-4-3-5/h3,5-8,15-16H,2,4,9-14,26H2,1H3;2-3H,1H2,(H,4,5). The Bertz CT molecular complexity index is 1170. The van der Waals surface area contributed by atoms with Gasteiger partial charge in [-0.3, -0.25) is 9.69 Å². The first-order valence-corrected chi connectivity index (χ1v) is 11.8. The Hall–Kier alpha value is -3.80. The Morgan fingerprint density at radius 2 is 2.06 bits per heavy atom. The summed E-state index contributed by atoms with van der Waals surface area (Å²) >= 11 is 0. The number of rotatable bonds is 9. The number of fused-ring (bicyclic) bond motifs is 1. The van der Waals surface area contributed by atoms with Gasteiger partial charge in [-0.15, -0.1) is 0 Å². The molecule has 8 nitrogen and oxygen atoms in total. The van der Waals surface area contributed by atoms with Gasteiger partial charge in [0.25, 0.3) is 0 Å². The normalized spacial score (nSPS) is 13.4. The fraction of sp³-hybridized carbons (Fsp3) is 0.333. The zero-order valence-electron chi connectivity index (χ0n) is 20.2. The first-order valence-electron chi connectivity index (χ1n) is 11.8. The summed E-state index contributed by atoms with van der Waals surface area (Å²) in [6, 6.07) is 16.1. The van der Waals surface area contributed by atoms with Crippen LogP contribution < -0.4 is 15.8 Å². The zero-order valence-corrected chi connectivity index (χ0v) is 20.2. The molecule has 3 aromatic rings. The lowest BCUT2D eigenvalue weighted by molar-refractivity contribution is -0.108. The Morgan fingerprint density at radius 3 is 2.69 bits per heavy atom. The summed E-state index contributed by atoms with van der Waals surface area (Å²) < 4.78 is 13.6. The number of benzene rings is 2. The minimum absolute atomic E-state index is 0.562. The topological polar surface area (TPSA) is 106 Å². The SMILES string of the molecule is C=CNC=O.CCn1c(-c2cccc(N)c2)c(C#N)c2ccc(OCCCN3CCOCC3)cc21. The Morgan fingerprint density at radius 1 is 1.26 bits per heavy atom. The number of hydrogen-bond acceptors (Lipinski definition) is 6. The van der Waals surface area contributed by atoms with E-state index < -0.39 is 0 Å². The van der Waals surface area contributed by atoms with Crippen LogP contribution in [0.3, 0.4) is 0 Å². The number of morpholine rings is 1. The molecule has 0 unspecified atom stereocenters. The molecule has 1 aromatic heterocycles. The third kappa shape index (κ3) is 6.63. The van der Waals surface area contributed by atoms with Gasteiger partial charge in [-0.2, -0.15) is 5.26 Å². The van der Waals surface area contributed by atoms with E-state index in [0.29, 0.717) is 24.3 Å². The highest BCUT2D eigenvalue weighted by Crippen LogP contribution is 2.35. The van der Waals surface area contributed by atoms with Crippen molar-refractivity contribution in [3.8, 4) is 23.1 Å². The van der Waals surface area contributed by atoms with Crippen LogP contribution in [0.5, 0.6) is 5.75 Å². The van der Waals surface area contributed by atoms with Crippen LogP contribution in [0.15, 0.2) is 55.2 Å². The lowest BCUT2D eigenvalue weighted by Crippen LogP contribution is -2.37. The summed E-state index contributed by atoms with van der Waals surface area (Å²) in [5.74, 6) is 0.834. The van der Waals surface area contributed by atoms with E-state index in [1.165, 1.54) is 6.20 Å². The number of nitrogens with zero attached hydrogens (tertiary/aromatic N) is 3. The van der Waals surface area contributed by atoms with Crippen molar-refractivity contribution in [1.29, 1.82) is 5.26 Å². The number of nitriles is 1. The molecule has 8 heteroatoms. The lowest BCUT2D eigenvalue weighted by Gasteiger charge is -2.26. The Balaban J connectivity index is 0.000000623. The molecule has 1 aliphatic heterocycles. The number of aromatic nitrogens is 1. The van der Waals surface area contributed by atoms with Gasteiger partial charge in [0, 0.05) is 48.9 Å². The molecule has 0 aliphatic carbocycles. The summed E-state index contributed by atoms with van der Waals surface area (Å²) in [5.41, 5.74) is 10.2. The summed E-state index contributed by atoms with van der Waals surface area (Å²) in [6.07, 6.45) is 2.85. The summed E-state index contributed by atoms with van der Waals surface area (Å²) in [7, 11) is 0. The summed E-state index contributed by atoms with van der Waals surface area (Å²) in [6.45, 7) is 11.4. The van der Waals surface area contributed by atoms with E-state index in [0.717, 1.165) is 73.7 Å². The third-order valence-corrected chi connectivity index (χ3v) is 5.80. The number of amides is 1. The number of nitrogen functional groups attached to an aromatic ring is 1. The summed E-state index contributed by atoms with van der Waals surface area (Å²) in [4.78, 5) is 11.6. The van der Waals surface area contributed by atoms with Gasteiger partial charge in [-0.1, -0.05) is 18.7 Å². The van der Waals surface area contributed by atoms with Gasteiger partial charge in [0.15, 0.2) is 0 Å². The van der Waals surface area contributed by atoms with Crippen molar-refractivity contribution in [3.63, 3.8) is 0 Å². The van der Waals surface area contributed by atoms with Crippen molar-refractivity contribution in [1.82, 2.24) is 14.8 Å². The van der Waals surface area contributed by atoms with Gasteiger partial charge in [0.2, 0.25) is 6.41 Å². The number of nitrogens with two attached hydrogens (primary N) is 1. The number of ether oxygens (including phenoxy) is 2. The molecular formula is C27H33N5O3. The van der Waals surface area contributed by atoms with Gasteiger partial charge >= 0.3 is 0 Å². The molecule has 4 rings (SSSR count). The van der Waals surface area contributed by atoms with E-state index in [1.54, 1.807) is 0 Å². The number of carbonyl (C=O) groups is 1. The predicted octanol–water partition coefficient (Wildman–Crippen LogP) is 3.76. The molecule has 184 valence electrons. The van der Waals surface area contributed by atoms with Crippen molar-refractivity contribution in [2.75, 3.05) is 45.2 Å². The Kier molecular flexibility index (Phi) is 9.72. The molecule has 1 fully saturated rings. The van der Waals surface area contributed by atoms with Crippen LogP contribution in [-0.4, -0.2) is 55.3 Å². The quantitative estimate of drug-likeness (QED) is 0.277. The smallest absolute Gasteiger partial charge is 0.211 e. The van der Waals surface area contributed by atoms with Crippen molar-refractivity contribution in [2.24, 2.45) is 0 Å². The minimum atomic E-state index is 0.562. The molecule has 35 heavy (non-hydrogen) atoms. The molecular weight excluding hydrogens is 442 g/mol. The van der Waals surface area contributed by atoms with Crippen molar-refractivity contribution in [2.45, 2.75) is 19.9 Å². The van der Waals surface area contributed by atoms with Gasteiger partial charge in [0.1, 0.15) is 11.8 Å². The average molecular weight is 476 g/mol. The van der Waals surface area contributed by atoms with E-state index in [2.05, 4.69) is 34.4 Å². The van der Waals surface area contributed by atoms with Crippen LogP contribution in [0.1, 0.15) is 18.9 Å². The highest BCUT2D eigenvalue weighted by molar-refractivity contribution is 5.95. The maximum absolute atomic E-state index is 9.88. The molecule has 1 aliphatic rings. The van der Waals surface area contributed by atoms with Crippen molar-refractivity contribution < 1.29 is 14.3 Å². The fourth-order valence-corrected chi connectivity index (χ4v) is 4.20. The van der Waals surface area contributed by atoms with Gasteiger partial charge in [-0.05, 0) is 43.8 Å². The number of anilines is 1. The summed E-state index contributed by atoms with van der Waals surface area (Å²) in [5, 5.41) is 13.0. The van der Waals surface area contributed by atoms with Gasteiger partial charge in [0.05, 0.1) is 36.6 Å². The van der Waals surface area contributed by atoms with E-state index in [9.17, 15) is 10.1 Å². The molecule has 3 N–H and O–H groups in total. The molecule has 0 saturated carbocycles. The molecule has 2 aromatic carbocycles. The number of aryl methyl sites for hydroxylation is 1. The van der Waals surface area contributed by atoms with Crippen LogP contribution in [0, 0.1) is 11.3 Å². The highest BCUT2D eigenvalue weighted by atomic mass is 16.5. The second kappa shape index (κ2) is 13.2. The number of carbonyl (C=O) groups excluding carboxylic acids is 1. The van der Waals surface area contributed by atoms with Crippen LogP contribution in [0.25, 0.3) is 22.2 Å². The lowest BCUT2D eigenvalue weighted by atomic mass is 10.1. The molecule has 0 atom stereocenters. The van der Waals surface area contributed by atoms with Crippen LogP contribution in [-0.2, 0) is 16.1 Å². The first kappa shape index (κ1) is 25.8.